The Morgan fingerprint density at radius 2 is 1.25 bits per heavy atom. The first kappa shape index (κ1) is 22.8. The molecule has 0 spiro atoms. The van der Waals surface area contributed by atoms with E-state index in [-0.39, 0.29) is 46.3 Å². The molecule has 0 rings (SSSR count). The van der Waals surface area contributed by atoms with E-state index in [1.165, 1.54) is 0 Å². The topological polar surface area (TPSA) is 77.8 Å². The molecule has 3 N–H and O–H groups in total. The van der Waals surface area contributed by atoms with Crippen molar-refractivity contribution in [3.8, 4) is 0 Å². The Morgan fingerprint density at radius 1 is 1.25 bits per heavy atom. The third kappa shape index (κ3) is 173. The first-order valence-corrected chi connectivity index (χ1v) is 2.35. The summed E-state index contributed by atoms with van der Waals surface area (Å²) in [5.74, 6) is 0. The fourth-order valence-electron chi connectivity index (χ4n) is 0. The van der Waals surface area contributed by atoms with Gasteiger partial charge in [-0.1, -0.05) is 7.43 Å². The average molecular weight is 173 g/mol. The Hall–Kier alpha value is 1.29. The summed E-state index contributed by atoms with van der Waals surface area (Å²) < 4.78 is 8.88. The quantitative estimate of drug-likeness (QED) is 0.266. The Morgan fingerprint density at radius 3 is 1.25 bits per heavy atom. The molecule has 0 aliphatic rings. The molecule has 8 heavy (non-hydrogen) atoms. The van der Waals surface area contributed by atoms with Crippen LogP contribution in [-0.4, -0.2) is 14.7 Å². The number of hydrogen-bond acceptors (Lipinski definition) is 1. The molecule has 0 saturated heterocycles. The largest absolute Gasteiger partial charge is 1.00 e. The molecule has 0 unspecified atom stereocenters. The van der Waals surface area contributed by atoms with Crippen molar-refractivity contribution in [2.45, 2.75) is 7.43 Å². The van der Waals surface area contributed by atoms with Gasteiger partial charge in [-0.15, -0.1) is 0 Å². The molecule has 0 saturated carbocycles. The fraction of sp³-hybridized carbons (Fsp3) is 1.00. The summed E-state index contributed by atoms with van der Waals surface area (Å²) in [6.45, 7) is 0. The average Bonchev–Trinajstić information content (AvgIpc) is 0.722. The molecule has 7 heteroatoms. The van der Waals surface area contributed by atoms with Crippen molar-refractivity contribution >= 4 is 7.82 Å². The molecule has 0 atom stereocenters. The minimum absolute atomic E-state index is 0. The molecule has 0 aliphatic heterocycles. The number of phosphoric acid groups is 1. The molecule has 1 radical (unpaired) electrons. The SMILES string of the molecule is C.O=P(O)(O)O.[H-].[Li+].[V]. The summed E-state index contributed by atoms with van der Waals surface area (Å²) in [5, 5.41) is 0. The Kier molecular flexibility index (Phi) is 23.6. The van der Waals surface area contributed by atoms with E-state index in [1.807, 2.05) is 0 Å². The smallest absolute Gasteiger partial charge is 1.00 e. The van der Waals surface area contributed by atoms with Gasteiger partial charge in [-0.05, 0) is 0 Å². The van der Waals surface area contributed by atoms with Crippen LogP contribution in [0, 0.1) is 0 Å². The normalized spacial score (nSPS) is 7.38. The molecule has 0 aromatic rings. The van der Waals surface area contributed by atoms with Gasteiger partial charge in [0.25, 0.3) is 0 Å². The second kappa shape index (κ2) is 8.29. The van der Waals surface area contributed by atoms with Crippen molar-refractivity contribution in [3.63, 3.8) is 0 Å². The maximum Gasteiger partial charge on any atom is 1.00 e. The van der Waals surface area contributed by atoms with Crippen LogP contribution in [0.3, 0.4) is 0 Å². The van der Waals surface area contributed by atoms with Crippen molar-refractivity contribution in [1.82, 2.24) is 0 Å². The van der Waals surface area contributed by atoms with E-state index in [2.05, 4.69) is 0 Å². The molecular formula is CH8LiO4PV. The predicted octanol–water partition coefficient (Wildman–Crippen LogP) is -3.18. The standard InChI is InChI=1S/CH4.Li.H3O4P.V.H/c;;1-5(2,3)4;;/h1H4;;(H3,1,2,3,4);;/q;+1;;;-1. The first-order chi connectivity index (χ1) is 2.00. The third-order valence-corrected chi connectivity index (χ3v) is 0. The van der Waals surface area contributed by atoms with Crippen LogP contribution in [0.15, 0.2) is 0 Å². The molecule has 0 bridgehead atoms. The van der Waals surface area contributed by atoms with Gasteiger partial charge in [-0.2, -0.15) is 0 Å². The van der Waals surface area contributed by atoms with Gasteiger partial charge < -0.3 is 16.1 Å². The monoisotopic (exact) mass is 173 g/mol. The molecular weight excluding hydrogens is 165 g/mol. The predicted molar refractivity (Wildman–Crippen MR) is 22.1 cm³/mol. The van der Waals surface area contributed by atoms with Gasteiger partial charge in [0, 0.05) is 18.6 Å². The maximum absolute atomic E-state index is 8.88. The summed E-state index contributed by atoms with van der Waals surface area (Å²) in [5.41, 5.74) is 0. The number of hydrogen-bond donors (Lipinski definition) is 3. The summed E-state index contributed by atoms with van der Waals surface area (Å²) in [4.78, 5) is 21.6. The van der Waals surface area contributed by atoms with Crippen LogP contribution < -0.4 is 18.9 Å². The molecule has 0 aromatic carbocycles. The Balaban J connectivity index is -0.0000000133. The zero-order chi connectivity index (χ0) is 4.50. The summed E-state index contributed by atoms with van der Waals surface area (Å²) in [6, 6.07) is 0. The Labute approximate surface area is 73.5 Å². The van der Waals surface area contributed by atoms with Crippen molar-refractivity contribution in [2.75, 3.05) is 0 Å². The van der Waals surface area contributed by atoms with Gasteiger partial charge in [0.1, 0.15) is 0 Å². The minimum atomic E-state index is -4.64. The van der Waals surface area contributed by atoms with Crippen molar-refractivity contribution in [3.05, 3.63) is 0 Å². The fourth-order valence-corrected chi connectivity index (χ4v) is 0. The molecule has 0 fully saturated rings. The molecule has 0 aliphatic carbocycles. The van der Waals surface area contributed by atoms with Crippen molar-refractivity contribution in [2.24, 2.45) is 0 Å². The zero-order valence-electron chi connectivity index (χ0n) is 4.64. The molecule has 0 heterocycles. The van der Waals surface area contributed by atoms with Crippen LogP contribution >= 0.6 is 7.82 Å². The summed E-state index contributed by atoms with van der Waals surface area (Å²) in [6.07, 6.45) is 0. The van der Waals surface area contributed by atoms with E-state index in [0.29, 0.717) is 0 Å². The van der Waals surface area contributed by atoms with Gasteiger partial charge in [0.15, 0.2) is 0 Å². The molecule has 4 nitrogen and oxygen atoms in total. The molecule has 0 aromatic heterocycles. The van der Waals surface area contributed by atoms with Gasteiger partial charge in [-0.25, -0.2) is 4.57 Å². The van der Waals surface area contributed by atoms with Crippen LogP contribution in [0.1, 0.15) is 8.85 Å². The summed E-state index contributed by atoms with van der Waals surface area (Å²) >= 11 is 0. The minimum Gasteiger partial charge on any atom is -1.00 e. The van der Waals surface area contributed by atoms with Gasteiger partial charge in [-0.3, -0.25) is 0 Å². The van der Waals surface area contributed by atoms with E-state index < -0.39 is 7.82 Å². The maximum atomic E-state index is 8.88. The Bertz CT molecular complexity index is 66.7. The second-order valence-electron chi connectivity index (χ2n) is 0.513. The molecule has 0 amide bonds. The number of rotatable bonds is 0. The third-order valence-electron chi connectivity index (χ3n) is 0. The van der Waals surface area contributed by atoms with Crippen molar-refractivity contribution in [1.29, 1.82) is 0 Å². The van der Waals surface area contributed by atoms with Gasteiger partial charge >= 0.3 is 26.7 Å². The summed E-state index contributed by atoms with van der Waals surface area (Å²) in [7, 11) is -4.64. The van der Waals surface area contributed by atoms with E-state index in [0.717, 1.165) is 0 Å². The van der Waals surface area contributed by atoms with E-state index in [9.17, 15) is 0 Å². The van der Waals surface area contributed by atoms with Gasteiger partial charge in [0.2, 0.25) is 0 Å². The van der Waals surface area contributed by atoms with E-state index in [4.69, 9.17) is 19.2 Å². The van der Waals surface area contributed by atoms with Crippen LogP contribution in [-0.2, 0) is 23.1 Å². The van der Waals surface area contributed by atoms with E-state index >= 15 is 0 Å². The zero-order valence-corrected chi connectivity index (χ0v) is 5.94. The van der Waals surface area contributed by atoms with Crippen LogP contribution in [0.2, 0.25) is 0 Å². The molecule has 47 valence electrons. The van der Waals surface area contributed by atoms with Gasteiger partial charge in [0.05, 0.1) is 0 Å². The van der Waals surface area contributed by atoms with Crippen LogP contribution in [0.4, 0.5) is 0 Å². The van der Waals surface area contributed by atoms with Crippen molar-refractivity contribution < 1.29 is 58.1 Å². The van der Waals surface area contributed by atoms with E-state index in [1.54, 1.807) is 0 Å². The second-order valence-corrected chi connectivity index (χ2v) is 1.54. The van der Waals surface area contributed by atoms with Crippen LogP contribution in [0.5, 0.6) is 0 Å². The first-order valence-electron chi connectivity index (χ1n) is 0.783. The van der Waals surface area contributed by atoms with Crippen LogP contribution in [0.25, 0.3) is 0 Å².